The van der Waals surface area contributed by atoms with Crippen LogP contribution in [0, 0.1) is 0 Å². The van der Waals surface area contributed by atoms with Crippen molar-refractivity contribution in [2.24, 2.45) is 0 Å². The first kappa shape index (κ1) is 36.3. The third-order valence-electron chi connectivity index (χ3n) is 6.41. The van der Waals surface area contributed by atoms with Gasteiger partial charge in [-0.3, -0.25) is 19.2 Å². The van der Waals surface area contributed by atoms with E-state index in [4.69, 9.17) is 0 Å². The Balaban J connectivity index is 0.000000758. The second-order valence-corrected chi connectivity index (χ2v) is 9.34. The highest BCUT2D eigenvalue weighted by Crippen LogP contribution is 2.21. The first-order chi connectivity index (χ1) is 18.3. The molecule has 0 amide bonds. The standard InChI is InChI=1S/C20H22O2.C14H18O2.2CH4/c1-3-5-6-20(22)18-13-9-16(10-14-18)15-7-11-17(12-8-15)19(21)4-2;1-3-5-9-14(16)12-8-6-7-11(10-12)13(15)4-2;;/h7-14H,3-6H2,1-2H3;6-8,10H,3-5,9H2,1-2H3;2*1H4. The molecule has 0 bridgehead atoms. The molecule has 0 atom stereocenters. The maximum absolute atomic E-state index is 12.0. The highest BCUT2D eigenvalue weighted by molar-refractivity contribution is 6.01. The summed E-state index contributed by atoms with van der Waals surface area (Å²) >= 11 is 0. The lowest BCUT2D eigenvalue weighted by atomic mass is 9.99. The van der Waals surface area contributed by atoms with E-state index in [9.17, 15) is 19.2 Å². The van der Waals surface area contributed by atoms with E-state index < -0.39 is 0 Å². The van der Waals surface area contributed by atoms with E-state index in [1.54, 1.807) is 24.3 Å². The van der Waals surface area contributed by atoms with Crippen LogP contribution in [0.1, 0.15) is 135 Å². The van der Waals surface area contributed by atoms with Gasteiger partial charge in [0.25, 0.3) is 0 Å². The van der Waals surface area contributed by atoms with Crippen molar-refractivity contribution in [2.75, 3.05) is 0 Å². The Labute approximate surface area is 242 Å². The number of hydrogen-bond donors (Lipinski definition) is 0. The summed E-state index contributed by atoms with van der Waals surface area (Å²) < 4.78 is 0. The molecule has 0 N–H and O–H groups in total. The van der Waals surface area contributed by atoms with Crippen molar-refractivity contribution in [3.63, 3.8) is 0 Å². The molecule has 4 nitrogen and oxygen atoms in total. The van der Waals surface area contributed by atoms with Crippen molar-refractivity contribution >= 4 is 23.1 Å². The zero-order valence-corrected chi connectivity index (χ0v) is 23.2. The van der Waals surface area contributed by atoms with Crippen molar-refractivity contribution in [3.8, 4) is 11.1 Å². The number of benzene rings is 3. The SMILES string of the molecule is C.C.CCCCC(=O)c1ccc(-c2ccc(C(=O)CC)cc2)cc1.CCCCC(=O)c1cccc(C(=O)CC)c1. The monoisotopic (exact) mass is 544 g/mol. The summed E-state index contributed by atoms with van der Waals surface area (Å²) in [5.41, 5.74) is 4.94. The van der Waals surface area contributed by atoms with Crippen LogP contribution >= 0.6 is 0 Å². The fraction of sp³-hybridized carbons (Fsp3) is 0.389. The molecule has 0 aliphatic heterocycles. The number of carbonyl (C=O) groups is 4. The number of Topliss-reactive ketones (excluding diaryl/α,β-unsaturated/α-hetero) is 4. The normalized spacial score (nSPS) is 9.80. The average molecular weight is 545 g/mol. The van der Waals surface area contributed by atoms with Crippen LogP contribution in [0.4, 0.5) is 0 Å². The lowest BCUT2D eigenvalue weighted by Gasteiger charge is -2.05. The fourth-order valence-electron chi connectivity index (χ4n) is 3.93. The quantitative estimate of drug-likeness (QED) is 0.201. The van der Waals surface area contributed by atoms with Gasteiger partial charge in [0.15, 0.2) is 23.1 Å². The van der Waals surface area contributed by atoms with E-state index in [2.05, 4.69) is 13.8 Å². The molecule has 0 spiro atoms. The summed E-state index contributed by atoms with van der Waals surface area (Å²) in [6, 6.07) is 22.4. The Kier molecular flexibility index (Phi) is 17.6. The molecule has 3 aromatic rings. The van der Waals surface area contributed by atoms with Crippen molar-refractivity contribution in [1.82, 2.24) is 0 Å². The van der Waals surface area contributed by atoms with Crippen molar-refractivity contribution in [3.05, 3.63) is 95.1 Å². The summed E-state index contributed by atoms with van der Waals surface area (Å²) in [5.74, 6) is 0.582. The minimum Gasteiger partial charge on any atom is -0.294 e. The molecule has 0 saturated heterocycles. The van der Waals surface area contributed by atoms with Crippen LogP contribution < -0.4 is 0 Å². The van der Waals surface area contributed by atoms with Gasteiger partial charge in [-0.05, 0) is 30.0 Å². The second-order valence-electron chi connectivity index (χ2n) is 9.34. The lowest BCUT2D eigenvalue weighted by Crippen LogP contribution is -2.02. The fourth-order valence-corrected chi connectivity index (χ4v) is 3.93. The molecule has 0 unspecified atom stereocenters. The van der Waals surface area contributed by atoms with Gasteiger partial charge in [0, 0.05) is 47.9 Å². The summed E-state index contributed by atoms with van der Waals surface area (Å²) in [7, 11) is 0. The Morgan fingerprint density at radius 3 is 1.23 bits per heavy atom. The van der Waals surface area contributed by atoms with Gasteiger partial charge < -0.3 is 0 Å². The number of ketones is 4. The van der Waals surface area contributed by atoms with E-state index in [0.29, 0.717) is 36.8 Å². The first-order valence-electron chi connectivity index (χ1n) is 13.8. The molecule has 0 fully saturated rings. The zero-order chi connectivity index (χ0) is 27.9. The Bertz CT molecular complexity index is 1200. The van der Waals surface area contributed by atoms with Gasteiger partial charge in [-0.1, -0.05) is 122 Å². The molecule has 0 aromatic heterocycles. The molecule has 216 valence electrons. The van der Waals surface area contributed by atoms with Gasteiger partial charge in [-0.25, -0.2) is 0 Å². The predicted octanol–water partition coefficient (Wildman–Crippen LogP) is 10.2. The van der Waals surface area contributed by atoms with Crippen LogP contribution in [0.5, 0.6) is 0 Å². The van der Waals surface area contributed by atoms with Gasteiger partial charge in [0.1, 0.15) is 0 Å². The first-order valence-corrected chi connectivity index (χ1v) is 13.8. The summed E-state index contributed by atoms with van der Waals surface area (Å²) in [6.45, 7) is 7.84. The largest absolute Gasteiger partial charge is 0.294 e. The number of rotatable bonds is 13. The molecule has 0 aliphatic rings. The van der Waals surface area contributed by atoms with E-state index in [0.717, 1.165) is 47.9 Å². The second kappa shape index (κ2) is 19.4. The average Bonchev–Trinajstić information content (AvgIpc) is 2.98. The molecule has 0 heterocycles. The van der Waals surface area contributed by atoms with Crippen LogP contribution in [-0.4, -0.2) is 23.1 Å². The predicted molar refractivity (Wildman–Crippen MR) is 169 cm³/mol. The Morgan fingerprint density at radius 1 is 0.475 bits per heavy atom. The van der Waals surface area contributed by atoms with Crippen LogP contribution in [0.15, 0.2) is 72.8 Å². The Hall–Kier alpha value is -3.66. The maximum Gasteiger partial charge on any atom is 0.162 e. The summed E-state index contributed by atoms with van der Waals surface area (Å²) in [6.07, 6.45) is 6.08. The van der Waals surface area contributed by atoms with Crippen LogP contribution in [-0.2, 0) is 0 Å². The van der Waals surface area contributed by atoms with Gasteiger partial charge in [0.05, 0.1) is 0 Å². The number of carbonyl (C=O) groups excluding carboxylic acids is 4. The molecule has 0 saturated carbocycles. The molecular formula is C36H48O4. The van der Waals surface area contributed by atoms with Crippen molar-refractivity contribution in [1.29, 1.82) is 0 Å². The maximum atomic E-state index is 12.0. The highest BCUT2D eigenvalue weighted by Gasteiger charge is 2.09. The van der Waals surface area contributed by atoms with E-state index in [-0.39, 0.29) is 38.0 Å². The summed E-state index contributed by atoms with van der Waals surface area (Å²) in [4.78, 5) is 46.8. The van der Waals surface area contributed by atoms with Gasteiger partial charge in [-0.2, -0.15) is 0 Å². The van der Waals surface area contributed by atoms with Crippen LogP contribution in [0.2, 0.25) is 0 Å². The van der Waals surface area contributed by atoms with Crippen molar-refractivity contribution in [2.45, 2.75) is 93.9 Å². The van der Waals surface area contributed by atoms with E-state index in [1.165, 1.54) is 0 Å². The smallest absolute Gasteiger partial charge is 0.162 e. The molecule has 4 heteroatoms. The van der Waals surface area contributed by atoms with Gasteiger partial charge in [-0.15, -0.1) is 0 Å². The molecule has 40 heavy (non-hydrogen) atoms. The number of unbranched alkanes of at least 4 members (excludes halogenated alkanes) is 2. The highest BCUT2D eigenvalue weighted by atomic mass is 16.1. The summed E-state index contributed by atoms with van der Waals surface area (Å²) in [5, 5.41) is 0. The number of hydrogen-bond acceptors (Lipinski definition) is 4. The van der Waals surface area contributed by atoms with Crippen LogP contribution in [0.3, 0.4) is 0 Å². The van der Waals surface area contributed by atoms with Crippen molar-refractivity contribution < 1.29 is 19.2 Å². The topological polar surface area (TPSA) is 68.3 Å². The zero-order valence-electron chi connectivity index (χ0n) is 23.2. The molecule has 3 rings (SSSR count). The Morgan fingerprint density at radius 2 is 0.825 bits per heavy atom. The van der Waals surface area contributed by atoms with Gasteiger partial charge in [0.2, 0.25) is 0 Å². The van der Waals surface area contributed by atoms with E-state index in [1.807, 2.05) is 62.4 Å². The van der Waals surface area contributed by atoms with E-state index >= 15 is 0 Å². The van der Waals surface area contributed by atoms with Crippen LogP contribution in [0.25, 0.3) is 11.1 Å². The third-order valence-corrected chi connectivity index (χ3v) is 6.41. The molecule has 0 aliphatic carbocycles. The molecule has 3 aromatic carbocycles. The third kappa shape index (κ3) is 11.2. The minimum atomic E-state index is 0. The lowest BCUT2D eigenvalue weighted by molar-refractivity contribution is 0.0970. The van der Waals surface area contributed by atoms with Gasteiger partial charge >= 0.3 is 0 Å². The minimum absolute atomic E-state index is 0. The molecule has 0 radical (unpaired) electrons. The molecular weight excluding hydrogens is 496 g/mol.